The number of aromatic nitrogens is 1. The molecular weight excluding hydrogens is 290 g/mol. The predicted molar refractivity (Wildman–Crippen MR) is 89.8 cm³/mol. The fourth-order valence-electron chi connectivity index (χ4n) is 2.45. The van der Waals surface area contributed by atoms with Crippen molar-refractivity contribution in [2.24, 2.45) is 0 Å². The van der Waals surface area contributed by atoms with Crippen molar-refractivity contribution in [3.8, 4) is 0 Å². The summed E-state index contributed by atoms with van der Waals surface area (Å²) in [7, 11) is 0. The Hall–Kier alpha value is -2.40. The largest absolute Gasteiger partial charge is 0.378 e. The van der Waals surface area contributed by atoms with Crippen molar-refractivity contribution in [3.05, 3.63) is 60.1 Å². The predicted octanol–water partition coefficient (Wildman–Crippen LogP) is 2.54. The fraction of sp³-hybridized carbons (Fsp3) is 0.278. The molecule has 0 atom stereocenters. The van der Waals surface area contributed by atoms with Gasteiger partial charge in [0.2, 0.25) is 0 Å². The molecular formula is C18H19N3O2. The summed E-state index contributed by atoms with van der Waals surface area (Å²) in [6.45, 7) is 10.7. The molecule has 0 unspecified atom stereocenters. The summed E-state index contributed by atoms with van der Waals surface area (Å²) < 4.78 is 5.34. The normalized spacial score (nSPS) is 14.6. The number of anilines is 2. The monoisotopic (exact) mass is 309 g/mol. The van der Waals surface area contributed by atoms with E-state index in [2.05, 4.69) is 15.2 Å². The van der Waals surface area contributed by atoms with Gasteiger partial charge in [0.25, 0.3) is 5.91 Å². The Bertz CT molecular complexity index is 709. The molecule has 1 fully saturated rings. The standard InChI is InChI=1S/C18H19N3O2/c1-13-3-4-16(11-14(13)2)20-18(22)15-5-6-19-17(12-15)21-7-9-23-10-8-21/h2-6,11-12H,7-10H2,1H3,(H,20,22). The zero-order valence-corrected chi connectivity index (χ0v) is 13.1. The second-order valence-corrected chi connectivity index (χ2v) is 5.53. The van der Waals surface area contributed by atoms with Gasteiger partial charge in [-0.25, -0.2) is 4.98 Å². The number of pyridine rings is 1. The molecule has 0 spiro atoms. The molecule has 2 heterocycles. The van der Waals surface area contributed by atoms with Crippen LogP contribution >= 0.6 is 0 Å². The molecule has 1 aliphatic rings. The average molecular weight is 309 g/mol. The molecule has 3 rings (SSSR count). The molecule has 2 aromatic rings. The minimum absolute atomic E-state index is 0.176. The number of hydrogen-bond donors (Lipinski definition) is 1. The molecule has 1 aliphatic heterocycles. The summed E-state index contributed by atoms with van der Waals surface area (Å²) in [5.74, 6) is 0.620. The second kappa shape index (κ2) is 6.79. The molecule has 1 saturated heterocycles. The number of hydrogen-bond acceptors (Lipinski definition) is 4. The van der Waals surface area contributed by atoms with Gasteiger partial charge in [-0.2, -0.15) is 0 Å². The van der Waals surface area contributed by atoms with Gasteiger partial charge < -0.3 is 15.0 Å². The number of morpholine rings is 1. The number of carbonyl (C=O) groups excluding carboxylic acids is 1. The lowest BCUT2D eigenvalue weighted by Gasteiger charge is -2.27. The van der Waals surface area contributed by atoms with Gasteiger partial charge in [0.15, 0.2) is 0 Å². The zero-order valence-electron chi connectivity index (χ0n) is 13.1. The molecule has 5 nitrogen and oxygen atoms in total. The first-order valence-corrected chi connectivity index (χ1v) is 7.60. The highest BCUT2D eigenvalue weighted by molar-refractivity contribution is 6.04. The molecule has 118 valence electrons. The van der Waals surface area contributed by atoms with E-state index in [1.165, 1.54) is 0 Å². The first kappa shape index (κ1) is 15.5. The minimum atomic E-state index is -0.176. The van der Waals surface area contributed by atoms with Crippen molar-refractivity contribution < 1.29 is 9.53 Å². The second-order valence-electron chi connectivity index (χ2n) is 5.53. The van der Waals surface area contributed by atoms with Crippen LogP contribution in [0.4, 0.5) is 11.5 Å². The number of rotatable bonds is 3. The number of nitrogens with zero attached hydrogens (tertiary/aromatic N) is 2. The number of aryl methyl sites for hydroxylation is 1. The highest BCUT2D eigenvalue weighted by Gasteiger charge is 2.14. The van der Waals surface area contributed by atoms with Gasteiger partial charge in [-0.3, -0.25) is 4.79 Å². The van der Waals surface area contributed by atoms with E-state index in [0.29, 0.717) is 30.0 Å². The Morgan fingerprint density at radius 3 is 2.78 bits per heavy atom. The number of amides is 1. The van der Waals surface area contributed by atoms with Crippen LogP contribution in [0.1, 0.15) is 21.5 Å². The molecule has 0 aliphatic carbocycles. The smallest absolute Gasteiger partial charge is 0.255 e. The number of nitrogens with one attached hydrogen (secondary N) is 1. The lowest BCUT2D eigenvalue weighted by atomic mass is 10.1. The van der Waals surface area contributed by atoms with E-state index in [9.17, 15) is 4.79 Å². The molecule has 1 aromatic heterocycles. The first-order chi connectivity index (χ1) is 11.1. The van der Waals surface area contributed by atoms with E-state index < -0.39 is 0 Å². The lowest BCUT2D eigenvalue weighted by molar-refractivity contribution is 0.102. The minimum Gasteiger partial charge on any atom is -0.378 e. The number of benzene rings is 1. The Morgan fingerprint density at radius 2 is 2.04 bits per heavy atom. The van der Waals surface area contributed by atoms with Crippen LogP contribution in [0, 0.1) is 13.8 Å². The van der Waals surface area contributed by atoms with Gasteiger partial charge in [-0.1, -0.05) is 6.07 Å². The van der Waals surface area contributed by atoms with Crippen molar-refractivity contribution >= 4 is 17.4 Å². The summed E-state index contributed by atoms with van der Waals surface area (Å²) in [5.41, 5.74) is 2.90. The van der Waals surface area contributed by atoms with Gasteiger partial charge in [0, 0.05) is 30.5 Å². The topological polar surface area (TPSA) is 54.5 Å². The zero-order chi connectivity index (χ0) is 16.2. The third-order valence-corrected chi connectivity index (χ3v) is 3.88. The maximum atomic E-state index is 12.4. The first-order valence-electron chi connectivity index (χ1n) is 7.60. The van der Waals surface area contributed by atoms with E-state index in [1.54, 1.807) is 24.4 Å². The highest BCUT2D eigenvalue weighted by atomic mass is 16.5. The molecule has 23 heavy (non-hydrogen) atoms. The summed E-state index contributed by atoms with van der Waals surface area (Å²) in [6.07, 6.45) is 1.66. The van der Waals surface area contributed by atoms with Gasteiger partial charge in [-0.15, -0.1) is 0 Å². The van der Waals surface area contributed by atoms with E-state index in [1.807, 2.05) is 19.1 Å². The van der Waals surface area contributed by atoms with Crippen LogP contribution in [0.25, 0.3) is 0 Å². The molecule has 5 heteroatoms. The van der Waals surface area contributed by atoms with Crippen molar-refractivity contribution in [1.82, 2.24) is 4.98 Å². The maximum absolute atomic E-state index is 12.4. The summed E-state index contributed by atoms with van der Waals surface area (Å²) in [5, 5.41) is 2.87. The third kappa shape index (κ3) is 3.68. The fourth-order valence-corrected chi connectivity index (χ4v) is 2.45. The molecule has 0 bridgehead atoms. The highest BCUT2D eigenvalue weighted by Crippen LogP contribution is 2.18. The Kier molecular flexibility index (Phi) is 4.57. The van der Waals surface area contributed by atoms with Crippen LogP contribution in [0.3, 0.4) is 0 Å². The lowest BCUT2D eigenvalue weighted by Crippen LogP contribution is -2.36. The van der Waals surface area contributed by atoms with Crippen LogP contribution in [0.15, 0.2) is 36.5 Å². The average Bonchev–Trinajstić information content (AvgIpc) is 2.59. The number of ether oxygens (including phenoxy) is 1. The maximum Gasteiger partial charge on any atom is 0.255 e. The summed E-state index contributed by atoms with van der Waals surface area (Å²) >= 11 is 0. The van der Waals surface area contributed by atoms with Crippen molar-refractivity contribution in [2.75, 3.05) is 36.5 Å². The van der Waals surface area contributed by atoms with E-state index in [-0.39, 0.29) is 5.91 Å². The van der Waals surface area contributed by atoms with Gasteiger partial charge in [0.1, 0.15) is 5.82 Å². The SMILES string of the molecule is [CH]c1cc(NC(=O)c2ccnc(N3CCOCC3)c2)ccc1C. The molecule has 2 radical (unpaired) electrons. The molecule has 1 N–H and O–H groups in total. The van der Waals surface area contributed by atoms with Crippen molar-refractivity contribution in [2.45, 2.75) is 6.92 Å². The van der Waals surface area contributed by atoms with Crippen LogP contribution in [0.5, 0.6) is 0 Å². The van der Waals surface area contributed by atoms with Gasteiger partial charge in [-0.05, 0) is 49.2 Å². The van der Waals surface area contributed by atoms with E-state index in [4.69, 9.17) is 11.7 Å². The van der Waals surface area contributed by atoms with Crippen LogP contribution < -0.4 is 10.2 Å². The summed E-state index contributed by atoms with van der Waals surface area (Å²) in [6, 6.07) is 9.00. The molecule has 0 saturated carbocycles. The summed E-state index contributed by atoms with van der Waals surface area (Å²) in [4.78, 5) is 18.9. The quantitative estimate of drug-likeness (QED) is 0.946. The Labute approximate surface area is 136 Å². The van der Waals surface area contributed by atoms with Crippen molar-refractivity contribution in [3.63, 3.8) is 0 Å². The molecule has 1 amide bonds. The van der Waals surface area contributed by atoms with Crippen molar-refractivity contribution in [1.29, 1.82) is 0 Å². The van der Waals surface area contributed by atoms with E-state index >= 15 is 0 Å². The number of carbonyl (C=O) groups is 1. The van der Waals surface area contributed by atoms with Crippen LogP contribution in [-0.2, 0) is 4.74 Å². The van der Waals surface area contributed by atoms with Gasteiger partial charge in [0.05, 0.1) is 13.2 Å². The van der Waals surface area contributed by atoms with Crippen LogP contribution in [-0.4, -0.2) is 37.2 Å². The third-order valence-electron chi connectivity index (χ3n) is 3.88. The molecule has 1 aromatic carbocycles. The van der Waals surface area contributed by atoms with E-state index in [0.717, 1.165) is 24.5 Å². The Morgan fingerprint density at radius 1 is 1.26 bits per heavy atom. The van der Waals surface area contributed by atoms with Crippen LogP contribution in [0.2, 0.25) is 0 Å². The Balaban J connectivity index is 1.75. The van der Waals surface area contributed by atoms with Gasteiger partial charge >= 0.3 is 0 Å².